The molecule has 0 aliphatic carbocycles. The van der Waals surface area contributed by atoms with Crippen LogP contribution in [0.5, 0.6) is 0 Å². The molecule has 1 fully saturated rings. The summed E-state index contributed by atoms with van der Waals surface area (Å²) in [6.07, 6.45) is 3.46. The van der Waals surface area contributed by atoms with Crippen LogP contribution in [0.15, 0.2) is 42.7 Å². The maximum atomic E-state index is 12.9. The van der Waals surface area contributed by atoms with Crippen molar-refractivity contribution in [3.63, 3.8) is 0 Å². The molecule has 0 saturated carbocycles. The lowest BCUT2D eigenvalue weighted by atomic mass is 9.92. The van der Waals surface area contributed by atoms with Crippen LogP contribution in [0, 0.1) is 0 Å². The van der Waals surface area contributed by atoms with Crippen molar-refractivity contribution in [2.45, 2.75) is 32.2 Å². The zero-order valence-corrected chi connectivity index (χ0v) is 18.5. The summed E-state index contributed by atoms with van der Waals surface area (Å²) in [6, 6.07) is 9.55. The average molecular weight is 432 g/mol. The Morgan fingerprint density at radius 1 is 1.19 bits per heavy atom. The summed E-state index contributed by atoms with van der Waals surface area (Å²) < 4.78 is 1.73. The molecular formula is C22H25N9O. The molecule has 1 saturated heterocycles. The number of aromatic amines is 1. The Balaban J connectivity index is 1.30. The minimum Gasteiger partial charge on any atom is -0.351 e. The molecule has 4 aromatic heterocycles. The highest BCUT2D eigenvalue weighted by Gasteiger charge is 2.35. The predicted molar refractivity (Wildman–Crippen MR) is 119 cm³/mol. The number of nitrogens with zero attached hydrogens (tertiary/aromatic N) is 8. The van der Waals surface area contributed by atoms with Crippen molar-refractivity contribution < 1.29 is 4.79 Å². The lowest BCUT2D eigenvalue weighted by Gasteiger charge is -2.44. The number of carbonyl (C=O) groups excluding carboxylic acids is 1. The number of rotatable bonds is 4. The molecular weight excluding hydrogens is 406 g/mol. The minimum absolute atomic E-state index is 0.0810. The van der Waals surface area contributed by atoms with Crippen LogP contribution in [0.25, 0.3) is 17.0 Å². The number of likely N-dealkylation sites (N-methyl/N-ethyl adjacent to an activating group) is 1. The second kappa shape index (κ2) is 7.40. The molecule has 0 bridgehead atoms. The van der Waals surface area contributed by atoms with Crippen molar-refractivity contribution in [2.24, 2.45) is 0 Å². The molecule has 10 nitrogen and oxygen atoms in total. The lowest BCUT2D eigenvalue weighted by Crippen LogP contribution is -2.60. The first-order chi connectivity index (χ1) is 15.3. The summed E-state index contributed by atoms with van der Waals surface area (Å²) in [6.45, 7) is 7.65. The van der Waals surface area contributed by atoms with Gasteiger partial charge < -0.3 is 9.80 Å². The first-order valence-corrected chi connectivity index (χ1v) is 10.5. The van der Waals surface area contributed by atoms with Gasteiger partial charge in [-0.05, 0) is 30.3 Å². The topological polar surface area (TPSA) is 108 Å². The summed E-state index contributed by atoms with van der Waals surface area (Å²) in [4.78, 5) is 20.9. The van der Waals surface area contributed by atoms with Crippen molar-refractivity contribution in [3.05, 3.63) is 54.1 Å². The molecule has 0 atom stereocenters. The summed E-state index contributed by atoms with van der Waals surface area (Å²) >= 11 is 0. The van der Waals surface area contributed by atoms with Crippen LogP contribution in [0.1, 0.15) is 37.0 Å². The van der Waals surface area contributed by atoms with Gasteiger partial charge in [0.25, 0.3) is 5.91 Å². The summed E-state index contributed by atoms with van der Waals surface area (Å²) in [5, 5.41) is 20.4. The predicted octanol–water partition coefficient (Wildman–Crippen LogP) is 2.17. The van der Waals surface area contributed by atoms with Crippen molar-refractivity contribution >= 4 is 17.4 Å². The van der Waals surface area contributed by atoms with Gasteiger partial charge in [0.05, 0.1) is 6.04 Å². The molecule has 5 rings (SSSR count). The summed E-state index contributed by atoms with van der Waals surface area (Å²) in [7, 11) is 1.83. The van der Waals surface area contributed by atoms with Gasteiger partial charge in [0.2, 0.25) is 0 Å². The largest absolute Gasteiger partial charge is 0.351 e. The van der Waals surface area contributed by atoms with Gasteiger partial charge in [-0.1, -0.05) is 20.8 Å². The smallest absolute Gasteiger partial charge is 0.274 e. The van der Waals surface area contributed by atoms with Crippen LogP contribution < -0.4 is 4.90 Å². The van der Waals surface area contributed by atoms with Crippen molar-refractivity contribution in [1.82, 2.24) is 39.9 Å². The third-order valence-corrected chi connectivity index (χ3v) is 5.83. The zero-order chi connectivity index (χ0) is 22.5. The monoisotopic (exact) mass is 431 g/mol. The zero-order valence-electron chi connectivity index (χ0n) is 18.5. The van der Waals surface area contributed by atoms with Gasteiger partial charge >= 0.3 is 0 Å². The van der Waals surface area contributed by atoms with Crippen molar-refractivity contribution in [1.29, 1.82) is 0 Å². The maximum absolute atomic E-state index is 12.9. The normalized spacial score (nSPS) is 14.6. The summed E-state index contributed by atoms with van der Waals surface area (Å²) in [5.41, 5.74) is 2.83. The first-order valence-electron chi connectivity index (χ1n) is 10.5. The molecule has 1 aliphatic heterocycles. The molecule has 5 heterocycles. The highest BCUT2D eigenvalue weighted by atomic mass is 16.2. The molecule has 4 aromatic rings. The number of pyridine rings is 1. The molecule has 1 aliphatic rings. The molecule has 0 aromatic carbocycles. The van der Waals surface area contributed by atoms with Gasteiger partial charge in [0.1, 0.15) is 11.5 Å². The first kappa shape index (κ1) is 20.1. The fourth-order valence-corrected chi connectivity index (χ4v) is 3.67. The number of amides is 1. The fourth-order valence-electron chi connectivity index (χ4n) is 3.67. The molecule has 164 valence electrons. The van der Waals surface area contributed by atoms with E-state index in [1.807, 2.05) is 37.4 Å². The average Bonchev–Trinajstić information content (AvgIpc) is 3.40. The molecule has 1 N–H and O–H groups in total. The second-order valence-electron chi connectivity index (χ2n) is 9.12. The van der Waals surface area contributed by atoms with Crippen molar-refractivity contribution in [3.8, 4) is 11.4 Å². The van der Waals surface area contributed by atoms with Crippen LogP contribution in [-0.4, -0.2) is 72.0 Å². The molecule has 0 unspecified atom stereocenters. The number of nitrogens with one attached hydrogen (secondary N) is 1. The van der Waals surface area contributed by atoms with Crippen LogP contribution in [0.4, 0.5) is 5.82 Å². The second-order valence-corrected chi connectivity index (χ2v) is 9.12. The van der Waals surface area contributed by atoms with Gasteiger partial charge in [0, 0.05) is 49.2 Å². The Morgan fingerprint density at radius 3 is 2.69 bits per heavy atom. The SMILES string of the molecule is CN(C(=O)c1cc(C(C)(C)C)[nH]n1)C1CN(c2ccc3nnc(-c4cccnc4)n3n2)C1. The standard InChI is InChI=1S/C22H25N9O/c1-22(2,3)17-10-16(24-25-17)21(32)29(4)15-12-30(13-15)19-8-7-18-26-27-20(31(18)28-19)14-6-5-9-23-11-14/h5-11,15H,12-13H2,1-4H3,(H,24,25). The Labute approximate surface area is 185 Å². The van der Waals surface area contributed by atoms with Gasteiger partial charge in [-0.2, -0.15) is 9.61 Å². The highest BCUT2D eigenvalue weighted by Crippen LogP contribution is 2.25. The van der Waals surface area contributed by atoms with E-state index in [4.69, 9.17) is 5.10 Å². The summed E-state index contributed by atoms with van der Waals surface area (Å²) in [5.74, 6) is 1.38. The molecule has 1 amide bonds. The van der Waals surface area contributed by atoms with Gasteiger partial charge in [0.15, 0.2) is 11.5 Å². The Hall–Kier alpha value is -3.82. The number of hydrogen-bond donors (Lipinski definition) is 1. The number of anilines is 1. The van der Waals surface area contributed by atoms with Crippen LogP contribution in [0.2, 0.25) is 0 Å². The number of aromatic nitrogens is 7. The molecule has 0 radical (unpaired) electrons. The molecule has 32 heavy (non-hydrogen) atoms. The van der Waals surface area contributed by atoms with Crippen LogP contribution in [0.3, 0.4) is 0 Å². The van der Waals surface area contributed by atoms with Gasteiger partial charge in [-0.15, -0.1) is 15.3 Å². The quantitative estimate of drug-likeness (QED) is 0.527. The molecule has 0 spiro atoms. The van der Waals surface area contributed by atoms with E-state index in [0.29, 0.717) is 30.3 Å². The van der Waals surface area contributed by atoms with E-state index in [2.05, 4.69) is 51.0 Å². The van der Waals surface area contributed by atoms with Gasteiger partial charge in [-0.3, -0.25) is 14.9 Å². The molecule has 10 heteroatoms. The fraction of sp³-hybridized carbons (Fsp3) is 0.364. The van der Waals surface area contributed by atoms with E-state index >= 15 is 0 Å². The maximum Gasteiger partial charge on any atom is 0.274 e. The highest BCUT2D eigenvalue weighted by molar-refractivity contribution is 5.92. The Kier molecular flexibility index (Phi) is 4.65. The van der Waals surface area contributed by atoms with E-state index in [9.17, 15) is 4.79 Å². The number of carbonyl (C=O) groups is 1. The van der Waals surface area contributed by atoms with E-state index < -0.39 is 0 Å². The van der Waals surface area contributed by atoms with Crippen molar-refractivity contribution in [2.75, 3.05) is 25.0 Å². The lowest BCUT2D eigenvalue weighted by molar-refractivity contribution is 0.0699. The minimum atomic E-state index is -0.0848. The number of hydrogen-bond acceptors (Lipinski definition) is 7. The number of H-pyrrole nitrogens is 1. The van der Waals surface area contributed by atoms with Crippen LogP contribution in [-0.2, 0) is 5.41 Å². The third kappa shape index (κ3) is 3.47. The number of fused-ring (bicyclic) bond motifs is 1. The Bertz CT molecular complexity index is 1270. The van der Waals surface area contributed by atoms with E-state index in [1.54, 1.807) is 21.8 Å². The van der Waals surface area contributed by atoms with E-state index in [-0.39, 0.29) is 17.4 Å². The van der Waals surface area contributed by atoms with E-state index in [1.165, 1.54) is 0 Å². The van der Waals surface area contributed by atoms with Crippen LogP contribution >= 0.6 is 0 Å². The van der Waals surface area contributed by atoms with E-state index in [0.717, 1.165) is 17.1 Å². The third-order valence-electron chi connectivity index (χ3n) is 5.83. The Morgan fingerprint density at radius 2 is 2.00 bits per heavy atom. The van der Waals surface area contributed by atoms with Gasteiger partial charge in [-0.25, -0.2) is 0 Å².